The molecule has 1 atom stereocenters. The number of amidine groups is 1. The topological polar surface area (TPSA) is 71.1 Å². The normalized spacial score (nSPS) is 25.4. The number of hydrogen-bond acceptors (Lipinski definition) is 4. The van der Waals surface area contributed by atoms with Gasteiger partial charge in [-0.25, -0.2) is 0 Å². The number of nitrogens with two attached hydrogens (primary N) is 1. The number of benzene rings is 1. The second kappa shape index (κ2) is 5.56. The summed E-state index contributed by atoms with van der Waals surface area (Å²) in [6.07, 6.45) is 3.07. The van der Waals surface area contributed by atoms with Crippen molar-refractivity contribution in [2.24, 2.45) is 16.3 Å². The molecule has 0 saturated carbocycles. The number of fused-ring (bicyclic) bond motifs is 1. The van der Waals surface area contributed by atoms with Crippen molar-refractivity contribution >= 4 is 5.84 Å². The van der Waals surface area contributed by atoms with Crippen LogP contribution in [0.15, 0.2) is 29.4 Å². The highest BCUT2D eigenvalue weighted by Gasteiger charge is 2.35. The van der Waals surface area contributed by atoms with E-state index in [0.29, 0.717) is 5.84 Å². The standard InChI is InChI=1S/C16H23N3O2/c1-16(15(17)18-20)6-8-19(9-7-16)11-13-10-12-4-2-3-5-14(12)21-13/h2-5,13,20H,6-11H2,1H3,(H2,17,18). The van der Waals surface area contributed by atoms with Gasteiger partial charge in [0.1, 0.15) is 17.7 Å². The number of ether oxygens (including phenoxy) is 1. The molecule has 0 bridgehead atoms. The van der Waals surface area contributed by atoms with Crippen LogP contribution in [0.2, 0.25) is 0 Å². The quantitative estimate of drug-likeness (QED) is 0.385. The van der Waals surface area contributed by atoms with Crippen LogP contribution in [0, 0.1) is 5.41 Å². The van der Waals surface area contributed by atoms with Crippen molar-refractivity contribution in [1.29, 1.82) is 0 Å². The van der Waals surface area contributed by atoms with Crippen molar-refractivity contribution in [2.45, 2.75) is 32.3 Å². The van der Waals surface area contributed by atoms with E-state index in [1.165, 1.54) is 5.56 Å². The monoisotopic (exact) mass is 289 g/mol. The Balaban J connectivity index is 1.53. The first-order chi connectivity index (χ1) is 10.1. The van der Waals surface area contributed by atoms with Crippen molar-refractivity contribution < 1.29 is 9.94 Å². The summed E-state index contributed by atoms with van der Waals surface area (Å²) < 4.78 is 6.00. The SMILES string of the molecule is CC1(/C(N)=N/O)CCN(CC2Cc3ccccc3O2)CC1. The van der Waals surface area contributed by atoms with Crippen molar-refractivity contribution in [3.8, 4) is 5.75 Å². The highest BCUT2D eigenvalue weighted by molar-refractivity contribution is 5.85. The third-order valence-corrected chi connectivity index (χ3v) is 4.86. The largest absolute Gasteiger partial charge is 0.488 e. The van der Waals surface area contributed by atoms with Crippen LogP contribution in [-0.4, -0.2) is 41.7 Å². The maximum Gasteiger partial charge on any atom is 0.145 e. The molecule has 0 spiro atoms. The second-order valence-corrected chi connectivity index (χ2v) is 6.40. The minimum absolute atomic E-state index is 0.176. The van der Waals surface area contributed by atoms with Crippen LogP contribution in [0.3, 0.4) is 0 Å². The average molecular weight is 289 g/mol. The molecule has 2 aliphatic rings. The number of para-hydroxylation sites is 1. The molecule has 0 radical (unpaired) electrons. The summed E-state index contributed by atoms with van der Waals surface area (Å²) >= 11 is 0. The zero-order valence-electron chi connectivity index (χ0n) is 12.5. The number of oxime groups is 1. The zero-order valence-corrected chi connectivity index (χ0v) is 12.5. The van der Waals surface area contributed by atoms with Crippen LogP contribution in [0.1, 0.15) is 25.3 Å². The number of piperidine rings is 1. The van der Waals surface area contributed by atoms with Crippen LogP contribution in [0.4, 0.5) is 0 Å². The third-order valence-electron chi connectivity index (χ3n) is 4.86. The Labute approximate surface area is 125 Å². The van der Waals surface area contributed by atoms with E-state index < -0.39 is 0 Å². The van der Waals surface area contributed by atoms with E-state index in [0.717, 1.165) is 44.6 Å². The fourth-order valence-corrected chi connectivity index (χ4v) is 3.25. The van der Waals surface area contributed by atoms with Gasteiger partial charge in [-0.3, -0.25) is 4.90 Å². The Kier molecular flexibility index (Phi) is 3.76. The van der Waals surface area contributed by atoms with Gasteiger partial charge in [0.2, 0.25) is 0 Å². The van der Waals surface area contributed by atoms with Gasteiger partial charge >= 0.3 is 0 Å². The van der Waals surface area contributed by atoms with Gasteiger partial charge in [-0.2, -0.15) is 0 Å². The fourth-order valence-electron chi connectivity index (χ4n) is 3.25. The fraction of sp³-hybridized carbons (Fsp3) is 0.562. The molecule has 3 rings (SSSR count). The molecule has 1 aromatic carbocycles. The van der Waals surface area contributed by atoms with E-state index >= 15 is 0 Å². The van der Waals surface area contributed by atoms with Crippen molar-refractivity contribution in [2.75, 3.05) is 19.6 Å². The summed E-state index contributed by atoms with van der Waals surface area (Å²) in [5, 5.41) is 12.1. The summed E-state index contributed by atoms with van der Waals surface area (Å²) in [7, 11) is 0. The maximum atomic E-state index is 8.88. The molecule has 1 fully saturated rings. The van der Waals surface area contributed by atoms with E-state index in [1.54, 1.807) is 0 Å². The minimum Gasteiger partial charge on any atom is -0.488 e. The van der Waals surface area contributed by atoms with E-state index in [2.05, 4.69) is 29.1 Å². The van der Waals surface area contributed by atoms with Crippen LogP contribution >= 0.6 is 0 Å². The highest BCUT2D eigenvalue weighted by atomic mass is 16.5. The molecule has 5 nitrogen and oxygen atoms in total. The van der Waals surface area contributed by atoms with Gasteiger partial charge < -0.3 is 15.7 Å². The van der Waals surface area contributed by atoms with Crippen LogP contribution < -0.4 is 10.5 Å². The zero-order chi connectivity index (χ0) is 14.9. The van der Waals surface area contributed by atoms with Crippen molar-refractivity contribution in [3.63, 3.8) is 0 Å². The first-order valence-corrected chi connectivity index (χ1v) is 7.56. The Morgan fingerprint density at radius 1 is 1.43 bits per heavy atom. The summed E-state index contributed by atoms with van der Waals surface area (Å²) in [5.41, 5.74) is 6.94. The van der Waals surface area contributed by atoms with Gasteiger partial charge in [-0.15, -0.1) is 0 Å². The van der Waals surface area contributed by atoms with Gasteiger partial charge in [0.05, 0.1) is 0 Å². The Morgan fingerprint density at radius 3 is 2.81 bits per heavy atom. The molecule has 2 aliphatic heterocycles. The summed E-state index contributed by atoms with van der Waals surface area (Å²) in [6.45, 7) is 4.94. The summed E-state index contributed by atoms with van der Waals surface area (Å²) in [6, 6.07) is 8.26. The van der Waals surface area contributed by atoms with Gasteiger partial charge in [0, 0.05) is 18.4 Å². The van der Waals surface area contributed by atoms with E-state index in [4.69, 9.17) is 15.7 Å². The Hall–Kier alpha value is -1.75. The van der Waals surface area contributed by atoms with Crippen LogP contribution in [-0.2, 0) is 6.42 Å². The number of likely N-dealkylation sites (tertiary alicyclic amines) is 1. The Bertz CT molecular complexity index is 511. The first kappa shape index (κ1) is 14.2. The number of nitrogens with zero attached hydrogens (tertiary/aromatic N) is 2. The lowest BCUT2D eigenvalue weighted by molar-refractivity contribution is 0.105. The second-order valence-electron chi connectivity index (χ2n) is 6.40. The molecule has 114 valence electrons. The van der Waals surface area contributed by atoms with E-state index in [-0.39, 0.29) is 11.5 Å². The van der Waals surface area contributed by atoms with Gasteiger partial charge in [-0.1, -0.05) is 30.3 Å². The van der Waals surface area contributed by atoms with Gasteiger partial charge in [0.15, 0.2) is 0 Å². The Morgan fingerprint density at radius 2 is 2.14 bits per heavy atom. The van der Waals surface area contributed by atoms with Crippen LogP contribution in [0.25, 0.3) is 0 Å². The smallest absolute Gasteiger partial charge is 0.145 e. The van der Waals surface area contributed by atoms with Crippen LogP contribution in [0.5, 0.6) is 5.75 Å². The molecule has 2 heterocycles. The van der Waals surface area contributed by atoms with Gasteiger partial charge in [0.25, 0.3) is 0 Å². The third kappa shape index (κ3) is 2.83. The summed E-state index contributed by atoms with van der Waals surface area (Å²) in [4.78, 5) is 2.42. The molecular weight excluding hydrogens is 266 g/mol. The summed E-state index contributed by atoms with van der Waals surface area (Å²) in [5.74, 6) is 1.38. The molecule has 1 saturated heterocycles. The lowest BCUT2D eigenvalue weighted by Gasteiger charge is -2.39. The predicted molar refractivity (Wildman–Crippen MR) is 81.8 cm³/mol. The molecule has 1 aromatic rings. The average Bonchev–Trinajstić information content (AvgIpc) is 2.91. The van der Waals surface area contributed by atoms with Gasteiger partial charge in [-0.05, 0) is 37.6 Å². The minimum atomic E-state index is -0.176. The highest BCUT2D eigenvalue weighted by Crippen LogP contribution is 2.33. The van der Waals surface area contributed by atoms with Crippen molar-refractivity contribution in [1.82, 2.24) is 4.90 Å². The van der Waals surface area contributed by atoms with E-state index in [9.17, 15) is 0 Å². The first-order valence-electron chi connectivity index (χ1n) is 7.56. The number of hydrogen-bond donors (Lipinski definition) is 2. The lowest BCUT2D eigenvalue weighted by Crippen LogP contribution is -2.47. The number of rotatable bonds is 3. The van der Waals surface area contributed by atoms with Crippen molar-refractivity contribution in [3.05, 3.63) is 29.8 Å². The molecular formula is C16H23N3O2. The molecule has 21 heavy (non-hydrogen) atoms. The molecule has 3 N–H and O–H groups in total. The molecule has 5 heteroatoms. The molecule has 0 aliphatic carbocycles. The lowest BCUT2D eigenvalue weighted by atomic mass is 9.79. The molecule has 1 unspecified atom stereocenters. The molecule has 0 amide bonds. The predicted octanol–water partition coefficient (Wildman–Crippen LogP) is 1.84. The van der Waals surface area contributed by atoms with E-state index in [1.807, 2.05) is 12.1 Å². The molecule has 0 aromatic heterocycles. The maximum absolute atomic E-state index is 8.88.